The van der Waals surface area contributed by atoms with Crippen molar-refractivity contribution in [2.75, 3.05) is 13.1 Å². The lowest BCUT2D eigenvalue weighted by atomic mass is 9.96. The van der Waals surface area contributed by atoms with E-state index in [-0.39, 0.29) is 41.5 Å². The van der Waals surface area contributed by atoms with Crippen LogP contribution >= 0.6 is 11.6 Å². The average Bonchev–Trinajstić information content (AvgIpc) is 2.58. The molecule has 1 fully saturated rings. The highest BCUT2D eigenvalue weighted by Gasteiger charge is 2.32. The molecule has 8 heteroatoms. The van der Waals surface area contributed by atoms with Crippen LogP contribution in [0.4, 0.5) is 4.39 Å². The first-order chi connectivity index (χ1) is 12.2. The first kappa shape index (κ1) is 21.1. The second-order valence-corrected chi connectivity index (χ2v) is 9.20. The second-order valence-electron chi connectivity index (χ2n) is 6.83. The van der Waals surface area contributed by atoms with Crippen molar-refractivity contribution in [3.05, 3.63) is 34.6 Å². The molecule has 1 unspecified atom stereocenters. The number of halogens is 2. The van der Waals surface area contributed by atoms with E-state index in [2.05, 4.69) is 12.2 Å². The summed E-state index contributed by atoms with van der Waals surface area (Å²) >= 11 is 5.94. The summed E-state index contributed by atoms with van der Waals surface area (Å²) < 4.78 is 40.4. The molecule has 1 aromatic rings. The largest absolute Gasteiger partial charge is 0.353 e. The van der Waals surface area contributed by atoms with Gasteiger partial charge in [0, 0.05) is 35.6 Å². The normalized spacial score (nSPS) is 17.8. The highest BCUT2D eigenvalue weighted by molar-refractivity contribution is 7.88. The van der Waals surface area contributed by atoms with Gasteiger partial charge in [-0.1, -0.05) is 31.0 Å². The minimum atomic E-state index is -3.69. The van der Waals surface area contributed by atoms with Crippen LogP contribution in [-0.2, 0) is 20.6 Å². The van der Waals surface area contributed by atoms with E-state index in [1.165, 1.54) is 22.5 Å². The van der Waals surface area contributed by atoms with Gasteiger partial charge in [-0.3, -0.25) is 4.79 Å². The van der Waals surface area contributed by atoms with E-state index in [9.17, 15) is 17.6 Å². The summed E-state index contributed by atoms with van der Waals surface area (Å²) in [5.41, 5.74) is -0.0116. The van der Waals surface area contributed by atoms with E-state index in [1.807, 2.05) is 6.92 Å². The zero-order chi connectivity index (χ0) is 19.3. The molecule has 0 aliphatic carbocycles. The van der Waals surface area contributed by atoms with Crippen LogP contribution in [0.15, 0.2) is 18.2 Å². The smallest absolute Gasteiger partial charge is 0.223 e. The SMILES string of the molecule is CCCC(C)NC(=O)C1CCN(S(=O)(=O)Cc2c(F)cccc2Cl)CC1. The number of piperidine rings is 1. The van der Waals surface area contributed by atoms with Gasteiger partial charge in [0.15, 0.2) is 0 Å². The molecule has 2 rings (SSSR count). The zero-order valence-corrected chi connectivity index (χ0v) is 16.7. The maximum Gasteiger partial charge on any atom is 0.223 e. The van der Waals surface area contributed by atoms with Crippen LogP contribution in [0.1, 0.15) is 45.1 Å². The van der Waals surface area contributed by atoms with Gasteiger partial charge in [-0.2, -0.15) is 0 Å². The predicted octanol–water partition coefficient (Wildman–Crippen LogP) is 3.33. The summed E-state index contributed by atoms with van der Waals surface area (Å²) in [5, 5.41) is 3.09. The number of benzene rings is 1. The van der Waals surface area contributed by atoms with Crippen molar-refractivity contribution >= 4 is 27.5 Å². The molecule has 1 saturated heterocycles. The first-order valence-electron chi connectivity index (χ1n) is 8.95. The van der Waals surface area contributed by atoms with Gasteiger partial charge in [-0.15, -0.1) is 0 Å². The second kappa shape index (κ2) is 9.15. The molecule has 1 amide bonds. The molecule has 146 valence electrons. The van der Waals surface area contributed by atoms with Gasteiger partial charge in [-0.25, -0.2) is 17.1 Å². The minimum absolute atomic E-state index is 0.0116. The van der Waals surface area contributed by atoms with Crippen molar-refractivity contribution in [1.82, 2.24) is 9.62 Å². The Morgan fingerprint density at radius 3 is 2.62 bits per heavy atom. The molecule has 0 radical (unpaired) electrons. The fourth-order valence-corrected chi connectivity index (χ4v) is 5.12. The number of hydrogen-bond donors (Lipinski definition) is 1. The Morgan fingerprint density at radius 2 is 2.04 bits per heavy atom. The lowest BCUT2D eigenvalue weighted by molar-refractivity contribution is -0.126. The van der Waals surface area contributed by atoms with E-state index in [4.69, 9.17) is 11.6 Å². The van der Waals surface area contributed by atoms with E-state index in [0.717, 1.165) is 12.8 Å². The van der Waals surface area contributed by atoms with E-state index in [1.54, 1.807) is 0 Å². The van der Waals surface area contributed by atoms with E-state index >= 15 is 0 Å². The lowest BCUT2D eigenvalue weighted by Gasteiger charge is -2.31. The van der Waals surface area contributed by atoms with Gasteiger partial charge >= 0.3 is 0 Å². The van der Waals surface area contributed by atoms with Crippen LogP contribution < -0.4 is 5.32 Å². The average molecular weight is 405 g/mol. The van der Waals surface area contributed by atoms with Crippen molar-refractivity contribution in [2.45, 2.75) is 51.3 Å². The van der Waals surface area contributed by atoms with Crippen molar-refractivity contribution in [1.29, 1.82) is 0 Å². The Labute approximate surface area is 160 Å². The van der Waals surface area contributed by atoms with Crippen LogP contribution in [0.5, 0.6) is 0 Å². The molecule has 0 bridgehead atoms. The summed E-state index contributed by atoms with van der Waals surface area (Å²) in [6.07, 6.45) is 2.85. The summed E-state index contributed by atoms with van der Waals surface area (Å²) in [6.45, 7) is 4.55. The summed E-state index contributed by atoms with van der Waals surface area (Å²) in [4.78, 5) is 12.3. The van der Waals surface area contributed by atoms with E-state index < -0.39 is 21.6 Å². The highest BCUT2D eigenvalue weighted by atomic mass is 35.5. The Hall–Kier alpha value is -1.18. The molecule has 0 saturated carbocycles. The van der Waals surface area contributed by atoms with Crippen molar-refractivity contribution in [3.8, 4) is 0 Å². The van der Waals surface area contributed by atoms with Crippen LogP contribution in [0.2, 0.25) is 5.02 Å². The molecule has 26 heavy (non-hydrogen) atoms. The van der Waals surface area contributed by atoms with Gasteiger partial charge in [0.2, 0.25) is 15.9 Å². The number of hydrogen-bond acceptors (Lipinski definition) is 3. The van der Waals surface area contributed by atoms with Crippen LogP contribution in [0, 0.1) is 11.7 Å². The number of carbonyl (C=O) groups excluding carboxylic acids is 1. The third kappa shape index (κ3) is 5.41. The molecular weight excluding hydrogens is 379 g/mol. The fraction of sp³-hybridized carbons (Fsp3) is 0.611. The van der Waals surface area contributed by atoms with E-state index in [0.29, 0.717) is 12.8 Å². The Balaban J connectivity index is 1.95. The lowest BCUT2D eigenvalue weighted by Crippen LogP contribution is -2.45. The number of nitrogens with zero attached hydrogens (tertiary/aromatic N) is 1. The number of carbonyl (C=O) groups is 1. The molecule has 1 atom stereocenters. The maximum absolute atomic E-state index is 13.9. The van der Waals surface area contributed by atoms with Crippen LogP contribution in [-0.4, -0.2) is 37.8 Å². The first-order valence-corrected chi connectivity index (χ1v) is 10.9. The Kier molecular flexibility index (Phi) is 7.43. The fourth-order valence-electron chi connectivity index (χ4n) is 3.21. The van der Waals surface area contributed by atoms with Gasteiger partial charge in [-0.05, 0) is 38.3 Å². The van der Waals surface area contributed by atoms with Gasteiger partial charge in [0.25, 0.3) is 0 Å². The van der Waals surface area contributed by atoms with Gasteiger partial charge < -0.3 is 5.32 Å². The monoisotopic (exact) mass is 404 g/mol. The van der Waals surface area contributed by atoms with Crippen molar-refractivity contribution in [3.63, 3.8) is 0 Å². The quantitative estimate of drug-likeness (QED) is 0.758. The van der Waals surface area contributed by atoms with Crippen LogP contribution in [0.3, 0.4) is 0 Å². The molecule has 5 nitrogen and oxygen atoms in total. The standard InChI is InChI=1S/C18H26ClFN2O3S/c1-3-5-13(2)21-18(23)14-8-10-22(11-9-14)26(24,25)12-15-16(19)6-4-7-17(15)20/h4,6-7,13-14H,3,5,8-12H2,1-2H3,(H,21,23). The van der Waals surface area contributed by atoms with Crippen molar-refractivity contribution < 1.29 is 17.6 Å². The summed E-state index contributed by atoms with van der Waals surface area (Å²) in [7, 11) is -3.69. The minimum Gasteiger partial charge on any atom is -0.353 e. The van der Waals surface area contributed by atoms with Gasteiger partial charge in [0.05, 0.1) is 5.75 Å². The number of amides is 1. The molecule has 0 aromatic heterocycles. The molecule has 1 aliphatic heterocycles. The Morgan fingerprint density at radius 1 is 1.38 bits per heavy atom. The highest BCUT2D eigenvalue weighted by Crippen LogP contribution is 2.26. The van der Waals surface area contributed by atoms with Crippen molar-refractivity contribution in [2.24, 2.45) is 5.92 Å². The molecule has 1 aromatic carbocycles. The number of rotatable bonds is 7. The zero-order valence-electron chi connectivity index (χ0n) is 15.2. The van der Waals surface area contributed by atoms with Gasteiger partial charge in [0.1, 0.15) is 5.82 Å². The topological polar surface area (TPSA) is 66.5 Å². The molecule has 0 spiro atoms. The third-order valence-electron chi connectivity index (χ3n) is 4.72. The molecular formula is C18H26ClFN2O3S. The maximum atomic E-state index is 13.9. The summed E-state index contributed by atoms with van der Waals surface area (Å²) in [6, 6.07) is 4.24. The third-order valence-corrected chi connectivity index (χ3v) is 6.88. The summed E-state index contributed by atoms with van der Waals surface area (Å²) in [5.74, 6) is -1.29. The number of nitrogens with one attached hydrogen (secondary N) is 1. The predicted molar refractivity (Wildman–Crippen MR) is 101 cm³/mol. The number of sulfonamides is 1. The van der Waals surface area contributed by atoms with Crippen LogP contribution in [0.25, 0.3) is 0 Å². The Bertz CT molecular complexity index is 714. The molecule has 1 heterocycles. The molecule has 1 N–H and O–H groups in total. The molecule has 1 aliphatic rings.